The van der Waals surface area contributed by atoms with Gasteiger partial charge in [0.25, 0.3) is 0 Å². The molecule has 0 aliphatic rings. The third-order valence-electron chi connectivity index (χ3n) is 3.60. The molecule has 0 heterocycles. The van der Waals surface area contributed by atoms with Crippen molar-refractivity contribution in [3.8, 4) is 0 Å². The highest BCUT2D eigenvalue weighted by Crippen LogP contribution is 2.27. The molecule has 2 aromatic rings. The lowest BCUT2D eigenvalue weighted by Gasteiger charge is -2.16. The molecule has 1 unspecified atom stereocenters. The molecule has 2 rings (SSSR count). The van der Waals surface area contributed by atoms with E-state index in [0.29, 0.717) is 0 Å². The van der Waals surface area contributed by atoms with Crippen molar-refractivity contribution < 1.29 is 0 Å². The maximum Gasteiger partial charge on any atom is 0.0568 e. The Bertz CT molecular complexity index is 580. The molecular formula is C18H21BrClN. The van der Waals surface area contributed by atoms with E-state index in [1.807, 2.05) is 18.2 Å². The summed E-state index contributed by atoms with van der Waals surface area (Å²) in [5, 5.41) is 4.21. The molecule has 3 heteroatoms. The van der Waals surface area contributed by atoms with E-state index in [9.17, 15) is 0 Å². The zero-order valence-corrected chi connectivity index (χ0v) is 14.8. The first-order valence-corrected chi connectivity index (χ1v) is 8.57. The Morgan fingerprint density at radius 2 is 1.86 bits per heavy atom. The van der Waals surface area contributed by atoms with Gasteiger partial charge in [-0.1, -0.05) is 49.2 Å². The number of rotatable bonds is 6. The SMILES string of the molecule is CCCCc1ccc(C(C)Nc2ccc(Br)c(Cl)c2)cc1. The maximum absolute atomic E-state index is 6.13. The van der Waals surface area contributed by atoms with Crippen molar-refractivity contribution in [1.82, 2.24) is 0 Å². The molecule has 112 valence electrons. The van der Waals surface area contributed by atoms with Crippen LogP contribution >= 0.6 is 27.5 Å². The summed E-state index contributed by atoms with van der Waals surface area (Å²) in [6.07, 6.45) is 3.66. The first-order chi connectivity index (χ1) is 10.1. The van der Waals surface area contributed by atoms with Crippen LogP contribution in [0.2, 0.25) is 5.02 Å². The number of hydrogen-bond acceptors (Lipinski definition) is 1. The molecular weight excluding hydrogens is 346 g/mol. The van der Waals surface area contributed by atoms with Crippen molar-refractivity contribution in [2.45, 2.75) is 39.2 Å². The van der Waals surface area contributed by atoms with E-state index < -0.39 is 0 Å². The number of aryl methyl sites for hydroxylation is 1. The van der Waals surface area contributed by atoms with Gasteiger partial charge in [0, 0.05) is 16.2 Å². The normalized spacial score (nSPS) is 12.2. The summed E-state index contributed by atoms with van der Waals surface area (Å²) in [4.78, 5) is 0. The number of anilines is 1. The summed E-state index contributed by atoms with van der Waals surface area (Å²) < 4.78 is 0.919. The molecule has 0 spiro atoms. The summed E-state index contributed by atoms with van der Waals surface area (Å²) >= 11 is 9.53. The van der Waals surface area contributed by atoms with E-state index in [2.05, 4.69) is 59.4 Å². The average molecular weight is 367 g/mol. The minimum Gasteiger partial charge on any atom is -0.378 e. The Labute approximate surface area is 140 Å². The first-order valence-electron chi connectivity index (χ1n) is 7.40. The van der Waals surface area contributed by atoms with Gasteiger partial charge in [-0.2, -0.15) is 0 Å². The summed E-state index contributed by atoms with van der Waals surface area (Å²) in [6, 6.07) is 15.1. The van der Waals surface area contributed by atoms with Gasteiger partial charge in [-0.3, -0.25) is 0 Å². The first kappa shape index (κ1) is 16.4. The molecule has 0 amide bonds. The lowest BCUT2D eigenvalue weighted by molar-refractivity contribution is 0.793. The van der Waals surface area contributed by atoms with Gasteiger partial charge in [0.05, 0.1) is 5.02 Å². The molecule has 0 saturated heterocycles. The number of benzene rings is 2. The van der Waals surface area contributed by atoms with Gasteiger partial charge < -0.3 is 5.32 Å². The smallest absolute Gasteiger partial charge is 0.0568 e. The van der Waals surface area contributed by atoms with Crippen molar-refractivity contribution in [2.24, 2.45) is 0 Å². The molecule has 2 aromatic carbocycles. The minimum absolute atomic E-state index is 0.252. The second-order valence-corrected chi connectivity index (χ2v) is 6.60. The van der Waals surface area contributed by atoms with Crippen LogP contribution in [0.3, 0.4) is 0 Å². The largest absolute Gasteiger partial charge is 0.378 e. The van der Waals surface area contributed by atoms with Crippen LogP contribution in [0.25, 0.3) is 0 Å². The molecule has 1 N–H and O–H groups in total. The fourth-order valence-corrected chi connectivity index (χ4v) is 2.70. The summed E-state index contributed by atoms with van der Waals surface area (Å²) in [6.45, 7) is 4.39. The van der Waals surface area contributed by atoms with Crippen LogP contribution in [0.5, 0.6) is 0 Å². The standard InChI is InChI=1S/C18H21BrClN/c1-3-4-5-14-6-8-15(9-7-14)13(2)21-16-10-11-17(19)18(20)12-16/h6-13,21H,3-5H2,1-2H3. The van der Waals surface area contributed by atoms with E-state index in [1.165, 1.54) is 30.4 Å². The van der Waals surface area contributed by atoms with Crippen LogP contribution in [-0.4, -0.2) is 0 Å². The van der Waals surface area contributed by atoms with Crippen molar-refractivity contribution in [3.05, 3.63) is 63.1 Å². The van der Waals surface area contributed by atoms with Crippen molar-refractivity contribution in [3.63, 3.8) is 0 Å². The molecule has 0 aliphatic carbocycles. The highest BCUT2D eigenvalue weighted by molar-refractivity contribution is 9.10. The van der Waals surface area contributed by atoms with E-state index in [1.54, 1.807) is 0 Å². The van der Waals surface area contributed by atoms with Gasteiger partial charge >= 0.3 is 0 Å². The highest BCUT2D eigenvalue weighted by atomic mass is 79.9. The molecule has 0 aliphatic heterocycles. The van der Waals surface area contributed by atoms with E-state index in [-0.39, 0.29) is 6.04 Å². The van der Waals surface area contributed by atoms with Gasteiger partial charge in [0.2, 0.25) is 0 Å². The van der Waals surface area contributed by atoms with Gasteiger partial charge in [0.15, 0.2) is 0 Å². The van der Waals surface area contributed by atoms with Gasteiger partial charge in [-0.15, -0.1) is 0 Å². The fraction of sp³-hybridized carbons (Fsp3) is 0.333. The Morgan fingerprint density at radius 1 is 1.14 bits per heavy atom. The van der Waals surface area contributed by atoms with Crippen molar-refractivity contribution >= 4 is 33.2 Å². The highest BCUT2D eigenvalue weighted by Gasteiger charge is 2.06. The zero-order chi connectivity index (χ0) is 15.2. The van der Waals surface area contributed by atoms with Gasteiger partial charge in [-0.05, 0) is 65.0 Å². The summed E-state index contributed by atoms with van der Waals surface area (Å²) in [5.41, 5.74) is 3.74. The molecule has 1 nitrogen and oxygen atoms in total. The third kappa shape index (κ3) is 4.76. The minimum atomic E-state index is 0.252. The predicted molar refractivity (Wildman–Crippen MR) is 96.2 cm³/mol. The van der Waals surface area contributed by atoms with E-state index in [0.717, 1.165) is 15.2 Å². The molecule has 0 fully saturated rings. The number of halogens is 2. The fourth-order valence-electron chi connectivity index (χ4n) is 2.27. The zero-order valence-electron chi connectivity index (χ0n) is 12.5. The Balaban J connectivity index is 2.02. The van der Waals surface area contributed by atoms with Crippen LogP contribution in [0, 0.1) is 0 Å². The second-order valence-electron chi connectivity index (χ2n) is 5.34. The number of hydrogen-bond donors (Lipinski definition) is 1. The van der Waals surface area contributed by atoms with Crippen LogP contribution in [0.4, 0.5) is 5.69 Å². The van der Waals surface area contributed by atoms with Crippen LogP contribution < -0.4 is 5.32 Å². The molecule has 0 aromatic heterocycles. The molecule has 1 atom stereocenters. The van der Waals surface area contributed by atoms with Crippen LogP contribution in [0.1, 0.15) is 43.9 Å². The van der Waals surface area contributed by atoms with Crippen molar-refractivity contribution in [1.29, 1.82) is 0 Å². The van der Waals surface area contributed by atoms with Crippen molar-refractivity contribution in [2.75, 3.05) is 5.32 Å². The average Bonchev–Trinajstić information content (AvgIpc) is 2.49. The summed E-state index contributed by atoms with van der Waals surface area (Å²) in [5.74, 6) is 0. The molecule has 0 saturated carbocycles. The monoisotopic (exact) mass is 365 g/mol. The van der Waals surface area contributed by atoms with Crippen LogP contribution in [-0.2, 0) is 6.42 Å². The van der Waals surface area contributed by atoms with Gasteiger partial charge in [0.1, 0.15) is 0 Å². The number of nitrogens with one attached hydrogen (secondary N) is 1. The Kier molecular flexibility index (Phi) is 6.13. The van der Waals surface area contributed by atoms with E-state index >= 15 is 0 Å². The second kappa shape index (κ2) is 7.86. The number of unbranched alkanes of at least 4 members (excludes halogenated alkanes) is 1. The molecule has 0 bridgehead atoms. The lowest BCUT2D eigenvalue weighted by Crippen LogP contribution is -2.06. The van der Waals surface area contributed by atoms with E-state index in [4.69, 9.17) is 11.6 Å². The quantitative estimate of drug-likeness (QED) is 0.606. The molecule has 21 heavy (non-hydrogen) atoms. The topological polar surface area (TPSA) is 12.0 Å². The Morgan fingerprint density at radius 3 is 2.48 bits per heavy atom. The predicted octanol–water partition coefficient (Wildman–Crippen LogP) is 6.62. The van der Waals surface area contributed by atoms with Crippen LogP contribution in [0.15, 0.2) is 46.9 Å². The lowest BCUT2D eigenvalue weighted by atomic mass is 10.0. The summed E-state index contributed by atoms with van der Waals surface area (Å²) in [7, 11) is 0. The molecule has 0 radical (unpaired) electrons. The Hall–Kier alpha value is -0.990. The maximum atomic E-state index is 6.13. The third-order valence-corrected chi connectivity index (χ3v) is 4.83. The van der Waals surface area contributed by atoms with Gasteiger partial charge in [-0.25, -0.2) is 0 Å².